The predicted octanol–water partition coefficient (Wildman–Crippen LogP) is 1.66. The first kappa shape index (κ1) is 13.7. The van der Waals surface area contributed by atoms with Crippen molar-refractivity contribution in [3.63, 3.8) is 0 Å². The first-order chi connectivity index (χ1) is 8.68. The normalized spacial score (nSPS) is 22.0. The van der Waals surface area contributed by atoms with Crippen molar-refractivity contribution < 1.29 is 0 Å². The zero-order chi connectivity index (χ0) is 13.0. The van der Waals surface area contributed by atoms with E-state index in [0.29, 0.717) is 6.04 Å². The van der Waals surface area contributed by atoms with Crippen LogP contribution in [0.3, 0.4) is 0 Å². The van der Waals surface area contributed by atoms with Crippen LogP contribution in [0.1, 0.15) is 46.0 Å². The summed E-state index contributed by atoms with van der Waals surface area (Å²) in [5.41, 5.74) is 6.06. The van der Waals surface area contributed by atoms with Crippen LogP contribution in [-0.2, 0) is 0 Å². The van der Waals surface area contributed by atoms with Crippen LogP contribution in [0.25, 0.3) is 0 Å². The van der Waals surface area contributed by atoms with Crippen LogP contribution >= 0.6 is 0 Å². The fourth-order valence-corrected chi connectivity index (χ4v) is 2.77. The van der Waals surface area contributed by atoms with Crippen molar-refractivity contribution in [1.82, 2.24) is 9.80 Å². The summed E-state index contributed by atoms with van der Waals surface area (Å²) in [6.45, 7) is 8.62. The second-order valence-electron chi connectivity index (χ2n) is 5.85. The van der Waals surface area contributed by atoms with Crippen LogP contribution in [0.2, 0.25) is 0 Å². The molecule has 1 aliphatic carbocycles. The number of aliphatic imine (C=N–C) groups is 1. The second-order valence-corrected chi connectivity index (χ2v) is 5.85. The van der Waals surface area contributed by atoms with E-state index in [2.05, 4.69) is 28.6 Å². The molecule has 1 heterocycles. The van der Waals surface area contributed by atoms with E-state index < -0.39 is 0 Å². The predicted molar refractivity (Wildman–Crippen MR) is 76.8 cm³/mol. The van der Waals surface area contributed by atoms with Crippen molar-refractivity contribution in [2.45, 2.75) is 58.0 Å². The molecule has 0 aromatic carbocycles. The minimum absolute atomic E-state index is 0.629. The molecular formula is C14H28N4. The van der Waals surface area contributed by atoms with Gasteiger partial charge in [-0.3, -0.25) is 9.89 Å². The van der Waals surface area contributed by atoms with E-state index in [1.54, 1.807) is 0 Å². The number of rotatable bonds is 5. The highest BCUT2D eigenvalue weighted by molar-refractivity contribution is 5.78. The van der Waals surface area contributed by atoms with E-state index >= 15 is 0 Å². The van der Waals surface area contributed by atoms with Gasteiger partial charge in [-0.05, 0) is 46.0 Å². The van der Waals surface area contributed by atoms with E-state index in [0.717, 1.165) is 38.2 Å². The molecular weight excluding hydrogens is 224 g/mol. The van der Waals surface area contributed by atoms with Crippen LogP contribution in [0.4, 0.5) is 0 Å². The molecule has 2 aliphatic rings. The Kier molecular flexibility index (Phi) is 4.87. The fraction of sp³-hybridized carbons (Fsp3) is 0.929. The molecule has 2 rings (SSSR count). The molecule has 0 unspecified atom stereocenters. The molecule has 1 saturated heterocycles. The molecule has 104 valence electrons. The van der Waals surface area contributed by atoms with Gasteiger partial charge >= 0.3 is 0 Å². The molecule has 0 radical (unpaired) electrons. The van der Waals surface area contributed by atoms with Crippen LogP contribution in [-0.4, -0.2) is 54.0 Å². The van der Waals surface area contributed by atoms with Gasteiger partial charge < -0.3 is 10.6 Å². The molecule has 0 aromatic rings. The molecule has 0 spiro atoms. The fourth-order valence-electron chi connectivity index (χ4n) is 2.77. The van der Waals surface area contributed by atoms with Crippen molar-refractivity contribution in [1.29, 1.82) is 0 Å². The summed E-state index contributed by atoms with van der Waals surface area (Å²) in [6.07, 6.45) is 6.59. The minimum atomic E-state index is 0.629. The topological polar surface area (TPSA) is 44.9 Å². The number of likely N-dealkylation sites (tertiary alicyclic amines) is 1. The zero-order valence-corrected chi connectivity index (χ0v) is 11.9. The Bertz CT molecular complexity index is 276. The summed E-state index contributed by atoms with van der Waals surface area (Å²) < 4.78 is 0. The first-order valence-corrected chi connectivity index (χ1v) is 7.49. The third kappa shape index (κ3) is 3.87. The lowest BCUT2D eigenvalue weighted by Gasteiger charge is -2.28. The summed E-state index contributed by atoms with van der Waals surface area (Å²) in [4.78, 5) is 9.36. The van der Waals surface area contributed by atoms with Crippen LogP contribution in [0.15, 0.2) is 4.99 Å². The quantitative estimate of drug-likeness (QED) is 0.598. The molecule has 0 aromatic heterocycles. The first-order valence-electron chi connectivity index (χ1n) is 7.49. The highest BCUT2D eigenvalue weighted by Gasteiger charge is 2.30. The van der Waals surface area contributed by atoms with Gasteiger partial charge in [0.1, 0.15) is 0 Å². The van der Waals surface area contributed by atoms with Gasteiger partial charge in [-0.2, -0.15) is 0 Å². The average Bonchev–Trinajstić information content (AvgIpc) is 3.19. The van der Waals surface area contributed by atoms with E-state index in [9.17, 15) is 0 Å². The van der Waals surface area contributed by atoms with Crippen LogP contribution < -0.4 is 5.73 Å². The Balaban J connectivity index is 1.74. The van der Waals surface area contributed by atoms with Gasteiger partial charge in [0.25, 0.3) is 0 Å². The van der Waals surface area contributed by atoms with Gasteiger partial charge in [0.15, 0.2) is 5.96 Å². The molecule has 4 nitrogen and oxygen atoms in total. The lowest BCUT2D eigenvalue weighted by molar-refractivity contribution is 0.217. The molecule has 1 saturated carbocycles. The van der Waals surface area contributed by atoms with Crippen molar-refractivity contribution in [2.24, 2.45) is 10.7 Å². The summed E-state index contributed by atoms with van der Waals surface area (Å²) in [5.74, 6) is 0.759. The zero-order valence-electron chi connectivity index (χ0n) is 11.9. The van der Waals surface area contributed by atoms with E-state index in [1.165, 1.54) is 32.1 Å². The number of hydrogen-bond acceptors (Lipinski definition) is 2. The highest BCUT2D eigenvalue weighted by Crippen LogP contribution is 2.28. The van der Waals surface area contributed by atoms with Gasteiger partial charge in [0, 0.05) is 31.7 Å². The second kappa shape index (κ2) is 6.41. The summed E-state index contributed by atoms with van der Waals surface area (Å²) >= 11 is 0. The Morgan fingerprint density at radius 1 is 1.28 bits per heavy atom. The molecule has 0 atom stereocenters. The van der Waals surface area contributed by atoms with Crippen LogP contribution in [0.5, 0.6) is 0 Å². The minimum Gasteiger partial charge on any atom is -0.370 e. The number of guanidine groups is 1. The summed E-state index contributed by atoms with van der Waals surface area (Å²) in [5, 5.41) is 0. The molecule has 0 amide bonds. The van der Waals surface area contributed by atoms with Gasteiger partial charge in [-0.25, -0.2) is 0 Å². The summed E-state index contributed by atoms with van der Waals surface area (Å²) in [6, 6.07) is 1.44. The van der Waals surface area contributed by atoms with Gasteiger partial charge in [-0.1, -0.05) is 0 Å². The molecule has 2 fully saturated rings. The molecule has 1 aliphatic heterocycles. The maximum Gasteiger partial charge on any atom is 0.191 e. The van der Waals surface area contributed by atoms with E-state index in [4.69, 9.17) is 5.73 Å². The van der Waals surface area contributed by atoms with Crippen molar-refractivity contribution >= 4 is 5.96 Å². The van der Waals surface area contributed by atoms with Gasteiger partial charge in [-0.15, -0.1) is 0 Å². The average molecular weight is 252 g/mol. The van der Waals surface area contributed by atoms with Gasteiger partial charge in [0.05, 0.1) is 6.54 Å². The summed E-state index contributed by atoms with van der Waals surface area (Å²) in [7, 11) is 0. The van der Waals surface area contributed by atoms with Crippen molar-refractivity contribution in [3.8, 4) is 0 Å². The molecule has 4 heteroatoms. The van der Waals surface area contributed by atoms with Crippen molar-refractivity contribution in [3.05, 3.63) is 0 Å². The Morgan fingerprint density at radius 3 is 2.50 bits per heavy atom. The number of nitrogens with zero attached hydrogens (tertiary/aromatic N) is 3. The highest BCUT2D eigenvalue weighted by atomic mass is 15.3. The smallest absolute Gasteiger partial charge is 0.191 e. The molecule has 0 bridgehead atoms. The monoisotopic (exact) mass is 252 g/mol. The van der Waals surface area contributed by atoms with Gasteiger partial charge in [0.2, 0.25) is 0 Å². The third-order valence-corrected chi connectivity index (χ3v) is 3.99. The molecule has 2 N–H and O–H groups in total. The number of piperidine rings is 1. The van der Waals surface area contributed by atoms with Crippen molar-refractivity contribution in [2.75, 3.05) is 26.2 Å². The van der Waals surface area contributed by atoms with E-state index in [1.807, 2.05) is 0 Å². The number of nitrogens with two attached hydrogens (primary N) is 1. The maximum atomic E-state index is 6.06. The SMILES string of the molecule is CC(C)N(CCN=C(N)N1CCCCC1)C1CC1. The standard InChI is InChI=1S/C14H28N4/c1-12(2)18(13-6-7-13)11-8-16-14(15)17-9-4-3-5-10-17/h12-13H,3-11H2,1-2H3,(H2,15,16). The Hall–Kier alpha value is -0.770. The molecule has 18 heavy (non-hydrogen) atoms. The maximum absolute atomic E-state index is 6.06. The lowest BCUT2D eigenvalue weighted by atomic mass is 10.1. The largest absolute Gasteiger partial charge is 0.370 e. The van der Waals surface area contributed by atoms with Crippen LogP contribution in [0, 0.1) is 0 Å². The lowest BCUT2D eigenvalue weighted by Crippen LogP contribution is -2.41. The van der Waals surface area contributed by atoms with E-state index in [-0.39, 0.29) is 0 Å². The third-order valence-electron chi connectivity index (χ3n) is 3.99. The Labute approximate surface area is 111 Å². The number of hydrogen-bond donors (Lipinski definition) is 1. The Morgan fingerprint density at radius 2 is 1.94 bits per heavy atom.